The Bertz CT molecular complexity index is 502. The van der Waals surface area contributed by atoms with Gasteiger partial charge in [0.15, 0.2) is 0 Å². The SMILES string of the molecule is CN(CCCNC(=O)C(C)(C)Br)CCCC(=O)ON1C(=O)CCC1=O. The summed E-state index contributed by atoms with van der Waals surface area (Å²) in [6.07, 6.45) is 1.68. The highest BCUT2D eigenvalue weighted by Gasteiger charge is 2.32. The van der Waals surface area contributed by atoms with E-state index in [1.807, 2.05) is 11.9 Å². The zero-order valence-corrected chi connectivity index (χ0v) is 16.6. The molecule has 3 amide bonds. The van der Waals surface area contributed by atoms with Crippen molar-refractivity contribution in [3.63, 3.8) is 0 Å². The Kier molecular flexibility index (Phi) is 8.51. The van der Waals surface area contributed by atoms with E-state index in [1.165, 1.54) is 0 Å². The van der Waals surface area contributed by atoms with Gasteiger partial charge in [0.1, 0.15) is 0 Å². The normalized spacial score (nSPS) is 15.0. The molecular formula is C16H26BrN3O5. The van der Waals surface area contributed by atoms with Gasteiger partial charge in [-0.3, -0.25) is 14.4 Å². The summed E-state index contributed by atoms with van der Waals surface area (Å²) in [6, 6.07) is 0. The lowest BCUT2D eigenvalue weighted by Gasteiger charge is -2.18. The van der Waals surface area contributed by atoms with Crippen molar-refractivity contribution in [1.29, 1.82) is 0 Å². The largest absolute Gasteiger partial charge is 0.355 e. The third kappa shape index (κ3) is 7.96. The van der Waals surface area contributed by atoms with Crippen molar-refractivity contribution >= 4 is 39.6 Å². The number of rotatable bonds is 10. The molecule has 8 nitrogen and oxygen atoms in total. The molecule has 0 atom stereocenters. The van der Waals surface area contributed by atoms with E-state index in [0.29, 0.717) is 24.6 Å². The first-order valence-electron chi connectivity index (χ1n) is 8.33. The van der Waals surface area contributed by atoms with E-state index in [-0.39, 0.29) is 25.2 Å². The molecule has 9 heteroatoms. The average Bonchev–Trinajstić information content (AvgIpc) is 2.82. The maximum Gasteiger partial charge on any atom is 0.333 e. The number of carbonyl (C=O) groups is 4. The van der Waals surface area contributed by atoms with Crippen LogP contribution in [0.3, 0.4) is 0 Å². The van der Waals surface area contributed by atoms with Crippen LogP contribution in [0.1, 0.15) is 46.0 Å². The zero-order chi connectivity index (χ0) is 19.0. The van der Waals surface area contributed by atoms with Gasteiger partial charge < -0.3 is 15.1 Å². The molecule has 0 radical (unpaired) electrons. The molecule has 142 valence electrons. The summed E-state index contributed by atoms with van der Waals surface area (Å²) in [5, 5.41) is 3.41. The fourth-order valence-corrected chi connectivity index (χ4v) is 2.31. The Labute approximate surface area is 156 Å². The van der Waals surface area contributed by atoms with Gasteiger partial charge in [-0.2, -0.15) is 0 Å². The minimum Gasteiger partial charge on any atom is -0.355 e. The maximum absolute atomic E-state index is 11.7. The summed E-state index contributed by atoms with van der Waals surface area (Å²) in [5.41, 5.74) is 0. The Balaban J connectivity index is 2.11. The molecule has 0 unspecified atom stereocenters. The van der Waals surface area contributed by atoms with Crippen molar-refractivity contribution < 1.29 is 24.0 Å². The number of halogens is 1. The molecule has 1 heterocycles. The molecule has 1 aliphatic heterocycles. The number of carbonyl (C=O) groups excluding carboxylic acids is 4. The van der Waals surface area contributed by atoms with E-state index in [0.717, 1.165) is 13.0 Å². The summed E-state index contributed by atoms with van der Waals surface area (Å²) in [4.78, 5) is 52.9. The molecule has 0 aromatic heterocycles. The van der Waals surface area contributed by atoms with Gasteiger partial charge in [0.2, 0.25) is 5.91 Å². The van der Waals surface area contributed by atoms with Gasteiger partial charge in [0, 0.05) is 25.8 Å². The van der Waals surface area contributed by atoms with Gasteiger partial charge in [-0.1, -0.05) is 15.9 Å². The molecule has 0 aromatic rings. The number of nitrogens with one attached hydrogen (secondary N) is 1. The van der Waals surface area contributed by atoms with Crippen LogP contribution >= 0.6 is 15.9 Å². The van der Waals surface area contributed by atoms with Crippen LogP contribution in [-0.2, 0) is 24.0 Å². The Morgan fingerprint density at radius 2 is 1.76 bits per heavy atom. The van der Waals surface area contributed by atoms with Crippen LogP contribution in [0.5, 0.6) is 0 Å². The highest BCUT2D eigenvalue weighted by atomic mass is 79.9. The van der Waals surface area contributed by atoms with Crippen LogP contribution in [0.15, 0.2) is 0 Å². The standard InChI is InChI=1S/C16H26BrN3O5/c1-16(2,17)15(24)18-9-5-11-19(3)10-4-6-14(23)25-20-12(21)7-8-13(20)22/h4-11H2,1-3H3,(H,18,24). The third-order valence-corrected chi connectivity index (χ3v) is 4.02. The Hall–Kier alpha value is -1.48. The van der Waals surface area contributed by atoms with E-state index in [1.54, 1.807) is 13.8 Å². The van der Waals surface area contributed by atoms with Crippen LogP contribution in [-0.4, -0.2) is 64.7 Å². The lowest BCUT2D eigenvalue weighted by molar-refractivity contribution is -0.197. The fourth-order valence-electron chi connectivity index (χ4n) is 2.17. The Morgan fingerprint density at radius 3 is 2.32 bits per heavy atom. The van der Waals surface area contributed by atoms with E-state index in [4.69, 9.17) is 4.84 Å². The molecule has 1 fully saturated rings. The summed E-state index contributed by atoms with van der Waals surface area (Å²) in [5.74, 6) is -1.57. The lowest BCUT2D eigenvalue weighted by Crippen LogP contribution is -2.38. The summed E-state index contributed by atoms with van der Waals surface area (Å²) in [6.45, 7) is 5.61. The lowest BCUT2D eigenvalue weighted by atomic mass is 10.2. The van der Waals surface area contributed by atoms with Crippen molar-refractivity contribution in [2.24, 2.45) is 0 Å². The first-order valence-corrected chi connectivity index (χ1v) is 9.13. The molecule has 1 saturated heterocycles. The van der Waals surface area contributed by atoms with Crippen LogP contribution in [0.25, 0.3) is 0 Å². The van der Waals surface area contributed by atoms with Gasteiger partial charge in [0.05, 0.1) is 4.32 Å². The molecule has 1 aliphatic rings. The molecule has 25 heavy (non-hydrogen) atoms. The van der Waals surface area contributed by atoms with Crippen molar-refractivity contribution in [3.8, 4) is 0 Å². The van der Waals surface area contributed by atoms with Crippen molar-refractivity contribution in [2.45, 2.75) is 50.3 Å². The minimum absolute atomic E-state index is 0.0519. The summed E-state index contributed by atoms with van der Waals surface area (Å²) < 4.78 is -0.572. The minimum atomic E-state index is -0.580. The monoisotopic (exact) mass is 419 g/mol. The summed E-state index contributed by atoms with van der Waals surface area (Å²) in [7, 11) is 1.93. The molecule has 0 saturated carbocycles. The smallest absolute Gasteiger partial charge is 0.333 e. The predicted octanol–water partition coefficient (Wildman–Crippen LogP) is 0.985. The maximum atomic E-state index is 11.7. The molecule has 0 spiro atoms. The van der Waals surface area contributed by atoms with Crippen molar-refractivity contribution in [1.82, 2.24) is 15.3 Å². The molecule has 0 aliphatic carbocycles. The quantitative estimate of drug-likeness (QED) is 0.322. The number of hydroxylamine groups is 2. The molecule has 1 rings (SSSR count). The van der Waals surface area contributed by atoms with Crippen LogP contribution < -0.4 is 5.32 Å². The van der Waals surface area contributed by atoms with Gasteiger partial charge >= 0.3 is 5.97 Å². The van der Waals surface area contributed by atoms with Gasteiger partial charge in [-0.25, -0.2) is 4.79 Å². The topological polar surface area (TPSA) is 96.0 Å². The van der Waals surface area contributed by atoms with Crippen LogP contribution in [0.4, 0.5) is 0 Å². The summed E-state index contributed by atoms with van der Waals surface area (Å²) >= 11 is 3.30. The Morgan fingerprint density at radius 1 is 1.20 bits per heavy atom. The first kappa shape index (κ1) is 21.6. The van der Waals surface area contributed by atoms with Crippen molar-refractivity contribution in [2.75, 3.05) is 26.7 Å². The molecule has 1 N–H and O–H groups in total. The fraction of sp³-hybridized carbons (Fsp3) is 0.750. The first-order chi connectivity index (χ1) is 11.6. The van der Waals surface area contributed by atoms with Crippen LogP contribution in [0.2, 0.25) is 0 Å². The third-order valence-electron chi connectivity index (χ3n) is 3.66. The van der Waals surface area contributed by atoms with E-state index >= 15 is 0 Å². The van der Waals surface area contributed by atoms with E-state index in [2.05, 4.69) is 21.2 Å². The van der Waals surface area contributed by atoms with Crippen molar-refractivity contribution in [3.05, 3.63) is 0 Å². The second kappa shape index (κ2) is 9.86. The average molecular weight is 420 g/mol. The van der Waals surface area contributed by atoms with E-state index < -0.39 is 22.1 Å². The molecular weight excluding hydrogens is 394 g/mol. The number of amides is 3. The number of nitrogens with zero attached hydrogens (tertiary/aromatic N) is 2. The van der Waals surface area contributed by atoms with Gasteiger partial charge in [-0.05, 0) is 46.8 Å². The molecule has 0 bridgehead atoms. The highest BCUT2D eigenvalue weighted by molar-refractivity contribution is 9.10. The number of alkyl halides is 1. The van der Waals surface area contributed by atoms with E-state index in [9.17, 15) is 19.2 Å². The second-order valence-corrected chi connectivity index (χ2v) is 8.52. The highest BCUT2D eigenvalue weighted by Crippen LogP contribution is 2.15. The predicted molar refractivity (Wildman–Crippen MR) is 94.5 cm³/mol. The van der Waals surface area contributed by atoms with Crippen LogP contribution in [0, 0.1) is 0 Å². The van der Waals surface area contributed by atoms with Gasteiger partial charge in [0.25, 0.3) is 11.8 Å². The number of imide groups is 1. The number of hydrogen-bond donors (Lipinski definition) is 1. The van der Waals surface area contributed by atoms with Gasteiger partial charge in [-0.15, -0.1) is 5.06 Å². The number of hydrogen-bond acceptors (Lipinski definition) is 6. The second-order valence-electron chi connectivity index (χ2n) is 6.53. The molecule has 0 aromatic carbocycles. The zero-order valence-electron chi connectivity index (χ0n) is 15.0.